The monoisotopic (exact) mass is 774 g/mol. The van der Waals surface area contributed by atoms with Crippen LogP contribution in [0.4, 0.5) is 0 Å². The number of rotatable bonds is 21. The van der Waals surface area contributed by atoms with Gasteiger partial charge in [0.1, 0.15) is 24.2 Å². The maximum atomic E-state index is 14.0. The molecule has 2 aromatic carbocycles. The summed E-state index contributed by atoms with van der Waals surface area (Å²) in [6.45, 7) is 1.91. The second-order valence-corrected chi connectivity index (χ2v) is 15.0. The number of benzene rings is 2. The van der Waals surface area contributed by atoms with Gasteiger partial charge >= 0.3 is 0 Å². The lowest BCUT2D eigenvalue weighted by Crippen LogP contribution is -2.54. The number of hydrogen-bond donors (Lipinski definition) is 4. The molecule has 4 atom stereocenters. The lowest BCUT2D eigenvalue weighted by molar-refractivity contribution is -0.145. The first-order valence-electron chi connectivity index (χ1n) is 20.1. The minimum atomic E-state index is -0.775. The molecule has 2 aliphatic rings. The largest absolute Gasteiger partial charge is 0.343 e. The molecule has 306 valence electrons. The predicted octanol–water partition coefficient (Wildman–Crippen LogP) is 2.03. The van der Waals surface area contributed by atoms with Crippen molar-refractivity contribution < 1.29 is 28.8 Å². The van der Waals surface area contributed by atoms with Gasteiger partial charge in [0.05, 0.1) is 13.1 Å². The summed E-state index contributed by atoms with van der Waals surface area (Å²) in [4.78, 5) is 87.0. The molecule has 2 fully saturated rings. The number of likely N-dealkylation sites (N-methyl/N-ethyl adjacent to an activating group) is 4. The first-order valence-corrected chi connectivity index (χ1v) is 20.1. The van der Waals surface area contributed by atoms with Crippen LogP contribution in [0.15, 0.2) is 60.7 Å². The fourth-order valence-corrected chi connectivity index (χ4v) is 7.73. The summed E-state index contributed by atoms with van der Waals surface area (Å²) in [7, 11) is 6.84. The van der Waals surface area contributed by atoms with Crippen LogP contribution < -0.4 is 21.3 Å². The summed E-state index contributed by atoms with van der Waals surface area (Å²) in [5.41, 5.74) is 2.01. The smallest absolute Gasteiger partial charge is 0.245 e. The van der Waals surface area contributed by atoms with Crippen LogP contribution in [0.25, 0.3) is 0 Å². The van der Waals surface area contributed by atoms with Gasteiger partial charge in [-0.25, -0.2) is 0 Å². The average molecular weight is 775 g/mol. The molecule has 2 aromatic rings. The van der Waals surface area contributed by atoms with Gasteiger partial charge in [0.2, 0.25) is 35.4 Å². The highest BCUT2D eigenvalue weighted by Crippen LogP contribution is 2.24. The third kappa shape index (κ3) is 12.9. The number of amides is 6. The number of carbonyl (C=O) groups excluding carboxylic acids is 6. The number of unbranched alkanes of at least 4 members (excludes halogenated alkanes) is 3. The molecule has 2 heterocycles. The van der Waals surface area contributed by atoms with E-state index in [0.717, 1.165) is 24.0 Å². The van der Waals surface area contributed by atoms with Gasteiger partial charge in [-0.2, -0.15) is 0 Å². The first-order chi connectivity index (χ1) is 27.0. The minimum Gasteiger partial charge on any atom is -0.343 e. The van der Waals surface area contributed by atoms with Gasteiger partial charge in [0, 0.05) is 40.3 Å². The van der Waals surface area contributed by atoms with Crippen molar-refractivity contribution in [1.82, 2.24) is 40.9 Å². The van der Waals surface area contributed by atoms with Crippen LogP contribution in [-0.2, 0) is 41.9 Å². The van der Waals surface area contributed by atoms with E-state index in [2.05, 4.69) is 21.3 Å². The Hall–Kier alpha value is -4.82. The van der Waals surface area contributed by atoms with Gasteiger partial charge in [0.15, 0.2) is 0 Å². The van der Waals surface area contributed by atoms with Crippen LogP contribution >= 0.6 is 0 Å². The standard InChI is InChI=1S/C42H62N8O6/c1-43-27-37(51)45-33(39(53)49-25-15-23-35(49)41(55)47(3)29-31-17-9-7-10-18-31)21-13-5-6-14-22-34(46-38(52)28-44-2)40(54)50-26-16-24-36(50)42(56)48(4)30-32-19-11-8-12-20-32/h7-12,17-20,33-36,43-44H,5-6,13-16,21-30H2,1-4H3,(H,45,51)(H,46,52). The van der Waals surface area contributed by atoms with E-state index in [1.165, 1.54) is 0 Å². The maximum absolute atomic E-state index is 14.0. The fraction of sp³-hybridized carbons (Fsp3) is 0.571. The Morgan fingerprint density at radius 3 is 1.34 bits per heavy atom. The van der Waals surface area contributed by atoms with E-state index in [-0.39, 0.29) is 48.5 Å². The Balaban J connectivity index is 1.32. The van der Waals surface area contributed by atoms with E-state index in [4.69, 9.17) is 0 Å². The molecule has 0 radical (unpaired) electrons. The zero-order valence-corrected chi connectivity index (χ0v) is 33.6. The number of nitrogens with zero attached hydrogens (tertiary/aromatic N) is 4. The molecule has 4 N–H and O–H groups in total. The lowest BCUT2D eigenvalue weighted by atomic mass is 10.0. The minimum absolute atomic E-state index is 0.0629. The van der Waals surface area contributed by atoms with Crippen molar-refractivity contribution in [2.75, 3.05) is 54.4 Å². The van der Waals surface area contributed by atoms with Crippen LogP contribution in [0, 0.1) is 0 Å². The molecule has 0 aliphatic carbocycles. The van der Waals surface area contributed by atoms with Crippen LogP contribution in [-0.4, -0.2) is 134 Å². The Morgan fingerprint density at radius 1 is 0.607 bits per heavy atom. The summed E-state index contributed by atoms with van der Waals surface area (Å²) >= 11 is 0. The van der Waals surface area contributed by atoms with Crippen LogP contribution in [0.3, 0.4) is 0 Å². The molecule has 0 saturated carbocycles. The van der Waals surface area contributed by atoms with Crippen molar-refractivity contribution in [3.05, 3.63) is 71.8 Å². The molecular weight excluding hydrogens is 713 g/mol. The predicted molar refractivity (Wildman–Crippen MR) is 215 cm³/mol. The summed E-state index contributed by atoms with van der Waals surface area (Å²) in [6, 6.07) is 16.7. The van der Waals surface area contributed by atoms with E-state index in [0.29, 0.717) is 77.5 Å². The molecule has 14 nitrogen and oxygen atoms in total. The lowest BCUT2D eigenvalue weighted by Gasteiger charge is -2.31. The van der Waals surface area contributed by atoms with Crippen LogP contribution in [0.2, 0.25) is 0 Å². The van der Waals surface area contributed by atoms with Gasteiger partial charge in [0.25, 0.3) is 0 Å². The Labute approximate surface area is 332 Å². The molecule has 56 heavy (non-hydrogen) atoms. The first kappa shape index (κ1) is 43.9. The summed E-state index contributed by atoms with van der Waals surface area (Å²) in [5.74, 6) is -1.32. The number of likely N-dealkylation sites (tertiary alicyclic amines) is 2. The second kappa shape index (κ2) is 22.7. The normalized spacial score (nSPS) is 17.6. The van der Waals surface area contributed by atoms with E-state index in [1.54, 1.807) is 47.8 Å². The highest BCUT2D eigenvalue weighted by Gasteiger charge is 2.40. The molecule has 6 amide bonds. The Bertz CT molecular complexity index is 1480. The van der Waals surface area contributed by atoms with E-state index in [1.807, 2.05) is 60.7 Å². The molecule has 4 rings (SSSR count). The zero-order chi connectivity index (χ0) is 40.5. The number of nitrogens with one attached hydrogen (secondary N) is 4. The quantitative estimate of drug-likeness (QED) is 0.140. The van der Waals surface area contributed by atoms with Gasteiger partial charge in [-0.15, -0.1) is 0 Å². The second-order valence-electron chi connectivity index (χ2n) is 15.0. The van der Waals surface area contributed by atoms with Crippen molar-refractivity contribution in [2.24, 2.45) is 0 Å². The van der Waals surface area contributed by atoms with Gasteiger partial charge in [-0.05, 0) is 63.7 Å². The molecule has 4 unspecified atom stereocenters. The summed E-state index contributed by atoms with van der Waals surface area (Å²) < 4.78 is 0. The molecular formula is C42H62N8O6. The molecule has 2 saturated heterocycles. The van der Waals surface area contributed by atoms with Gasteiger partial charge < -0.3 is 40.9 Å². The topological polar surface area (TPSA) is 164 Å². The summed E-state index contributed by atoms with van der Waals surface area (Å²) in [6.07, 6.45) is 6.10. The molecule has 0 spiro atoms. The van der Waals surface area contributed by atoms with Gasteiger partial charge in [-0.3, -0.25) is 28.8 Å². The number of hydrogen-bond acceptors (Lipinski definition) is 8. The SMILES string of the molecule is CNCC(=O)NC(CCCCCCC(NC(=O)CNC)C(=O)N1CCCC1C(=O)N(C)Cc1ccccc1)C(=O)N1CCCC1C(=O)N(C)Cc1ccccc1. The van der Waals surface area contributed by atoms with Gasteiger partial charge in [-0.1, -0.05) is 86.3 Å². The van der Waals surface area contributed by atoms with Crippen molar-refractivity contribution in [2.45, 2.75) is 101 Å². The van der Waals surface area contributed by atoms with Crippen LogP contribution in [0.5, 0.6) is 0 Å². The van der Waals surface area contributed by atoms with E-state index in [9.17, 15) is 28.8 Å². The van der Waals surface area contributed by atoms with Crippen molar-refractivity contribution >= 4 is 35.4 Å². The maximum Gasteiger partial charge on any atom is 0.245 e. The highest BCUT2D eigenvalue weighted by molar-refractivity contribution is 5.94. The molecule has 0 bridgehead atoms. The molecule has 0 aromatic heterocycles. The van der Waals surface area contributed by atoms with Crippen molar-refractivity contribution in [1.29, 1.82) is 0 Å². The molecule has 14 heteroatoms. The van der Waals surface area contributed by atoms with Crippen molar-refractivity contribution in [3.8, 4) is 0 Å². The van der Waals surface area contributed by atoms with E-state index < -0.39 is 24.2 Å². The zero-order valence-electron chi connectivity index (χ0n) is 33.6. The number of carbonyl (C=O) groups is 6. The third-order valence-electron chi connectivity index (χ3n) is 10.6. The Kier molecular flexibility index (Phi) is 17.8. The van der Waals surface area contributed by atoms with Crippen molar-refractivity contribution in [3.63, 3.8) is 0 Å². The fourth-order valence-electron chi connectivity index (χ4n) is 7.73. The average Bonchev–Trinajstić information content (AvgIpc) is 3.89. The highest BCUT2D eigenvalue weighted by atomic mass is 16.2. The van der Waals surface area contributed by atoms with Crippen LogP contribution in [0.1, 0.15) is 75.3 Å². The molecule has 2 aliphatic heterocycles. The van der Waals surface area contributed by atoms with E-state index >= 15 is 0 Å². The summed E-state index contributed by atoms with van der Waals surface area (Å²) in [5, 5.41) is 11.5. The third-order valence-corrected chi connectivity index (χ3v) is 10.6. The Morgan fingerprint density at radius 2 is 0.982 bits per heavy atom.